The number of aliphatic hydroxyl groups excluding tert-OH is 1. The number of aldehydes is 1. The first kappa shape index (κ1) is 22.6. The Hall–Kier alpha value is -1.46. The first-order valence-corrected chi connectivity index (χ1v) is 9.29. The zero-order valence-electron chi connectivity index (χ0n) is 17.1. The third-order valence-corrected chi connectivity index (χ3v) is 5.51. The van der Waals surface area contributed by atoms with Crippen LogP contribution in [0.4, 0.5) is 0 Å². The SMILES string of the molecule is C/C=C1\C[C@@H](C[C@@H](O)C(C)C)O[C@@](C)(C(C)(C)/C=C/C=O)C1OC(C)=O. The van der Waals surface area contributed by atoms with E-state index in [4.69, 9.17) is 9.47 Å². The minimum atomic E-state index is -0.875. The van der Waals surface area contributed by atoms with E-state index in [1.54, 1.807) is 6.08 Å². The van der Waals surface area contributed by atoms with Crippen molar-refractivity contribution >= 4 is 12.3 Å². The molecule has 1 saturated heterocycles. The Morgan fingerprint density at radius 2 is 2.08 bits per heavy atom. The van der Waals surface area contributed by atoms with Gasteiger partial charge in [-0.05, 0) is 37.8 Å². The van der Waals surface area contributed by atoms with Crippen molar-refractivity contribution in [1.82, 2.24) is 0 Å². The highest BCUT2D eigenvalue weighted by Crippen LogP contribution is 2.47. The molecule has 0 aromatic rings. The van der Waals surface area contributed by atoms with Crippen molar-refractivity contribution < 1.29 is 24.2 Å². The predicted molar refractivity (Wildman–Crippen MR) is 102 cm³/mol. The molecule has 0 radical (unpaired) electrons. The maximum absolute atomic E-state index is 11.7. The second kappa shape index (κ2) is 8.96. The summed E-state index contributed by atoms with van der Waals surface area (Å²) in [5.41, 5.74) is -0.480. The summed E-state index contributed by atoms with van der Waals surface area (Å²) in [4.78, 5) is 22.6. The van der Waals surface area contributed by atoms with Crippen LogP contribution in [0.5, 0.6) is 0 Å². The number of hydrogen-bond acceptors (Lipinski definition) is 5. The quantitative estimate of drug-likeness (QED) is 0.322. The molecule has 1 heterocycles. The molecule has 0 amide bonds. The molecule has 0 aromatic heterocycles. The average Bonchev–Trinajstić information content (AvgIpc) is 2.54. The van der Waals surface area contributed by atoms with Crippen LogP contribution in [-0.4, -0.2) is 41.3 Å². The van der Waals surface area contributed by atoms with Gasteiger partial charge in [-0.25, -0.2) is 0 Å². The monoisotopic (exact) mass is 366 g/mol. The second-order valence-corrected chi connectivity index (χ2v) is 8.17. The second-order valence-electron chi connectivity index (χ2n) is 8.17. The number of ether oxygens (including phenoxy) is 2. The summed E-state index contributed by atoms with van der Waals surface area (Å²) in [5, 5.41) is 10.3. The Morgan fingerprint density at radius 1 is 1.46 bits per heavy atom. The number of hydrogen-bond donors (Lipinski definition) is 1. The number of aliphatic hydroxyl groups is 1. The molecule has 1 fully saturated rings. The van der Waals surface area contributed by atoms with Gasteiger partial charge < -0.3 is 14.6 Å². The Kier molecular flexibility index (Phi) is 7.78. The summed E-state index contributed by atoms with van der Waals surface area (Å²) in [6.07, 6.45) is 5.80. The lowest BCUT2D eigenvalue weighted by molar-refractivity contribution is -0.217. The molecule has 1 N–H and O–H groups in total. The van der Waals surface area contributed by atoms with Crippen molar-refractivity contribution in [3.8, 4) is 0 Å². The molecule has 1 aliphatic rings. The summed E-state index contributed by atoms with van der Waals surface area (Å²) in [6, 6.07) is 0. The van der Waals surface area contributed by atoms with Crippen LogP contribution >= 0.6 is 0 Å². The zero-order chi connectivity index (χ0) is 20.1. The van der Waals surface area contributed by atoms with Crippen LogP contribution in [0.15, 0.2) is 23.8 Å². The van der Waals surface area contributed by atoms with E-state index in [9.17, 15) is 14.7 Å². The third kappa shape index (κ3) is 5.04. The Balaban J connectivity index is 3.32. The maximum Gasteiger partial charge on any atom is 0.303 e. The van der Waals surface area contributed by atoms with Gasteiger partial charge in [0.05, 0.1) is 12.2 Å². The van der Waals surface area contributed by atoms with E-state index < -0.39 is 23.2 Å². The molecule has 1 aliphatic heterocycles. The fraction of sp³-hybridized carbons (Fsp3) is 0.714. The molecule has 0 saturated carbocycles. The lowest BCUT2D eigenvalue weighted by Gasteiger charge is -2.52. The number of esters is 1. The molecule has 0 aliphatic carbocycles. The summed E-state index contributed by atoms with van der Waals surface area (Å²) in [7, 11) is 0. The largest absolute Gasteiger partial charge is 0.455 e. The summed E-state index contributed by atoms with van der Waals surface area (Å²) >= 11 is 0. The van der Waals surface area contributed by atoms with Crippen LogP contribution in [0, 0.1) is 11.3 Å². The lowest BCUT2D eigenvalue weighted by Crippen LogP contribution is -2.60. The molecular weight excluding hydrogens is 332 g/mol. The van der Waals surface area contributed by atoms with Crippen molar-refractivity contribution in [2.24, 2.45) is 11.3 Å². The van der Waals surface area contributed by atoms with Gasteiger partial charge in [-0.15, -0.1) is 0 Å². The van der Waals surface area contributed by atoms with Crippen molar-refractivity contribution in [2.75, 3.05) is 0 Å². The van der Waals surface area contributed by atoms with Crippen LogP contribution in [0.1, 0.15) is 61.3 Å². The van der Waals surface area contributed by atoms with E-state index in [0.29, 0.717) is 12.8 Å². The van der Waals surface area contributed by atoms with Crippen LogP contribution in [-0.2, 0) is 19.1 Å². The fourth-order valence-electron chi connectivity index (χ4n) is 3.40. The number of carbonyl (C=O) groups excluding carboxylic acids is 2. The van der Waals surface area contributed by atoms with Gasteiger partial charge in [-0.3, -0.25) is 9.59 Å². The van der Waals surface area contributed by atoms with Gasteiger partial charge >= 0.3 is 5.97 Å². The maximum atomic E-state index is 11.7. The van der Waals surface area contributed by atoms with Crippen LogP contribution < -0.4 is 0 Å². The summed E-state index contributed by atoms with van der Waals surface area (Å²) in [5.74, 6) is -0.243. The number of rotatable bonds is 7. The molecule has 5 heteroatoms. The van der Waals surface area contributed by atoms with E-state index in [0.717, 1.165) is 11.9 Å². The molecule has 5 nitrogen and oxygen atoms in total. The molecule has 0 bridgehead atoms. The average molecular weight is 366 g/mol. The normalized spacial score (nSPS) is 30.0. The van der Waals surface area contributed by atoms with Crippen molar-refractivity contribution in [2.45, 2.75) is 85.2 Å². The van der Waals surface area contributed by atoms with Gasteiger partial charge in [0, 0.05) is 18.8 Å². The van der Waals surface area contributed by atoms with Crippen LogP contribution in [0.3, 0.4) is 0 Å². The zero-order valence-corrected chi connectivity index (χ0v) is 17.1. The highest BCUT2D eigenvalue weighted by molar-refractivity contribution is 5.67. The highest BCUT2D eigenvalue weighted by atomic mass is 16.6. The van der Waals surface area contributed by atoms with Gasteiger partial charge in [-0.2, -0.15) is 0 Å². The Morgan fingerprint density at radius 3 is 2.54 bits per heavy atom. The van der Waals surface area contributed by atoms with Crippen LogP contribution in [0.25, 0.3) is 0 Å². The van der Waals surface area contributed by atoms with E-state index >= 15 is 0 Å². The Bertz CT molecular complexity index is 561. The smallest absolute Gasteiger partial charge is 0.303 e. The number of carbonyl (C=O) groups is 2. The minimum absolute atomic E-state index is 0.132. The molecule has 0 aromatic carbocycles. The topological polar surface area (TPSA) is 72.8 Å². The van der Waals surface area contributed by atoms with Crippen LogP contribution in [0.2, 0.25) is 0 Å². The van der Waals surface area contributed by atoms with Crippen molar-refractivity contribution in [3.05, 3.63) is 23.8 Å². The molecule has 1 unspecified atom stereocenters. The summed E-state index contributed by atoms with van der Waals surface area (Å²) in [6.45, 7) is 13.1. The fourth-order valence-corrected chi connectivity index (χ4v) is 3.40. The van der Waals surface area contributed by atoms with Gasteiger partial charge in [0.2, 0.25) is 0 Å². The van der Waals surface area contributed by atoms with Gasteiger partial charge in [0.1, 0.15) is 11.9 Å². The van der Waals surface area contributed by atoms with Gasteiger partial charge in [-0.1, -0.05) is 39.8 Å². The first-order chi connectivity index (χ1) is 12.0. The molecular formula is C21H34O5. The summed E-state index contributed by atoms with van der Waals surface area (Å²) < 4.78 is 12.1. The van der Waals surface area contributed by atoms with E-state index in [1.807, 2.05) is 47.6 Å². The van der Waals surface area contributed by atoms with E-state index in [-0.39, 0.29) is 18.0 Å². The highest BCUT2D eigenvalue weighted by Gasteiger charge is 2.54. The van der Waals surface area contributed by atoms with E-state index in [2.05, 4.69) is 0 Å². The molecule has 1 rings (SSSR count). The van der Waals surface area contributed by atoms with Gasteiger partial charge in [0.25, 0.3) is 0 Å². The van der Waals surface area contributed by atoms with Gasteiger partial charge in [0.15, 0.2) is 6.10 Å². The Labute approximate surface area is 157 Å². The standard InChI is InChI=1S/C21H34O5/c1-8-16-12-17(13-18(24)14(2)3)26-21(7,19(16)25-15(4)23)20(5,6)10-9-11-22/h8-11,14,17-19,24H,12-13H2,1-7H3/b10-9+,16-8+/t17-,18+,19?,21+/m0/s1. The number of allylic oxidation sites excluding steroid dienone is 2. The molecule has 4 atom stereocenters. The predicted octanol–water partition coefficient (Wildman–Crippen LogP) is 3.60. The minimum Gasteiger partial charge on any atom is -0.455 e. The van der Waals surface area contributed by atoms with E-state index in [1.165, 1.54) is 13.0 Å². The van der Waals surface area contributed by atoms with Crippen molar-refractivity contribution in [3.63, 3.8) is 0 Å². The first-order valence-electron chi connectivity index (χ1n) is 9.29. The molecule has 0 spiro atoms. The molecule has 26 heavy (non-hydrogen) atoms. The lowest BCUT2D eigenvalue weighted by atomic mass is 9.68. The third-order valence-electron chi connectivity index (χ3n) is 5.51. The van der Waals surface area contributed by atoms with Crippen molar-refractivity contribution in [1.29, 1.82) is 0 Å². The molecule has 148 valence electrons.